The van der Waals surface area contributed by atoms with E-state index < -0.39 is 5.97 Å². The number of nitrogens with one attached hydrogen (secondary N) is 1. The smallest absolute Gasteiger partial charge is 0.354 e. The van der Waals surface area contributed by atoms with Gasteiger partial charge in [-0.3, -0.25) is 0 Å². The van der Waals surface area contributed by atoms with E-state index in [0.717, 1.165) is 31.9 Å². The second-order valence-corrected chi connectivity index (χ2v) is 5.41. The maximum Gasteiger partial charge on any atom is 0.354 e. The van der Waals surface area contributed by atoms with E-state index in [9.17, 15) is 9.90 Å². The highest BCUT2D eigenvalue weighted by atomic mass is 16.4. The molecular weight excluding hydrogens is 284 g/mol. The summed E-state index contributed by atoms with van der Waals surface area (Å²) >= 11 is 0. The first-order valence-corrected chi connectivity index (χ1v) is 7.11. The standard InChI is InChI=1S/C15H18N4O3/c1-8-12(15(21)22)18-13-10(14(8)20)6-9(7-11(13)16)19-4-2-17-3-5-19/h6-7,17H,2-5,16H2,1H3,(H,18,20)(H,21,22). The number of anilines is 2. The second-order valence-electron chi connectivity index (χ2n) is 5.41. The molecule has 7 nitrogen and oxygen atoms in total. The number of nitrogen functional groups attached to an aromatic ring is 1. The largest absolute Gasteiger partial charge is 0.507 e. The van der Waals surface area contributed by atoms with Crippen LogP contribution in [0.2, 0.25) is 0 Å². The van der Waals surface area contributed by atoms with Gasteiger partial charge < -0.3 is 26.2 Å². The summed E-state index contributed by atoms with van der Waals surface area (Å²) in [6, 6.07) is 3.60. The van der Waals surface area contributed by atoms with Gasteiger partial charge in [-0.1, -0.05) is 0 Å². The van der Waals surface area contributed by atoms with Gasteiger partial charge in [0.05, 0.1) is 11.2 Å². The molecule has 0 spiro atoms. The number of hydrogen-bond donors (Lipinski definition) is 4. The number of pyridine rings is 1. The Morgan fingerprint density at radius 2 is 2.05 bits per heavy atom. The third-order valence-corrected chi connectivity index (χ3v) is 4.00. The third-order valence-electron chi connectivity index (χ3n) is 4.00. The van der Waals surface area contributed by atoms with Gasteiger partial charge in [0.1, 0.15) is 5.75 Å². The molecule has 1 saturated heterocycles. The Bertz CT molecular complexity index is 754. The average molecular weight is 302 g/mol. The highest BCUT2D eigenvalue weighted by molar-refractivity contribution is 6.01. The van der Waals surface area contributed by atoms with Crippen LogP contribution in [-0.4, -0.2) is 47.3 Å². The molecule has 2 aromatic rings. The molecule has 1 aromatic heterocycles. The molecule has 116 valence electrons. The number of rotatable bonds is 2. The number of carboxylic acid groups (broad SMARTS) is 1. The van der Waals surface area contributed by atoms with Crippen LogP contribution in [0.1, 0.15) is 16.1 Å². The number of carbonyl (C=O) groups is 1. The highest BCUT2D eigenvalue weighted by Crippen LogP contribution is 2.35. The number of fused-ring (bicyclic) bond motifs is 1. The maximum atomic E-state index is 11.2. The fourth-order valence-electron chi connectivity index (χ4n) is 2.77. The van der Waals surface area contributed by atoms with Crippen molar-refractivity contribution in [3.63, 3.8) is 0 Å². The van der Waals surface area contributed by atoms with Gasteiger partial charge >= 0.3 is 5.97 Å². The number of hydrogen-bond acceptors (Lipinski definition) is 6. The van der Waals surface area contributed by atoms with Crippen LogP contribution in [0.25, 0.3) is 10.9 Å². The summed E-state index contributed by atoms with van der Waals surface area (Å²) in [5.41, 5.74) is 7.71. The Morgan fingerprint density at radius 3 is 2.68 bits per heavy atom. The van der Waals surface area contributed by atoms with Gasteiger partial charge in [0.2, 0.25) is 0 Å². The zero-order valence-corrected chi connectivity index (χ0v) is 12.3. The molecule has 1 aliphatic heterocycles. The lowest BCUT2D eigenvalue weighted by Gasteiger charge is -2.30. The van der Waals surface area contributed by atoms with Crippen molar-refractivity contribution < 1.29 is 15.0 Å². The van der Waals surface area contributed by atoms with Crippen LogP contribution >= 0.6 is 0 Å². The van der Waals surface area contributed by atoms with E-state index in [0.29, 0.717) is 16.6 Å². The van der Waals surface area contributed by atoms with E-state index >= 15 is 0 Å². The molecule has 0 saturated carbocycles. The molecule has 1 aliphatic rings. The predicted octanol–water partition coefficient (Wildman–Crippen LogP) is 0.939. The Labute approximate surface area is 127 Å². The van der Waals surface area contributed by atoms with Crippen LogP contribution in [0.15, 0.2) is 12.1 Å². The molecule has 0 unspecified atom stereocenters. The molecule has 1 fully saturated rings. The zero-order valence-electron chi connectivity index (χ0n) is 12.3. The summed E-state index contributed by atoms with van der Waals surface area (Å²) in [6.45, 7) is 5.02. The number of aromatic nitrogens is 1. The van der Waals surface area contributed by atoms with Crippen LogP contribution in [0.4, 0.5) is 11.4 Å². The number of aromatic carboxylic acids is 1. The molecule has 0 radical (unpaired) electrons. The SMILES string of the molecule is Cc1c(C(=O)O)nc2c(N)cc(N3CCNCC3)cc2c1O. The van der Waals surface area contributed by atoms with Gasteiger partial charge in [-0.05, 0) is 19.1 Å². The van der Waals surface area contributed by atoms with E-state index in [2.05, 4.69) is 15.2 Å². The highest BCUT2D eigenvalue weighted by Gasteiger charge is 2.20. The van der Waals surface area contributed by atoms with Crippen molar-refractivity contribution in [2.45, 2.75) is 6.92 Å². The molecule has 0 bridgehead atoms. The maximum absolute atomic E-state index is 11.2. The molecule has 1 aromatic carbocycles. The van der Waals surface area contributed by atoms with Crippen molar-refractivity contribution in [1.82, 2.24) is 10.3 Å². The zero-order chi connectivity index (χ0) is 15.9. The first kappa shape index (κ1) is 14.4. The van der Waals surface area contributed by atoms with Crippen LogP contribution in [0, 0.1) is 6.92 Å². The molecule has 0 amide bonds. The molecule has 0 atom stereocenters. The van der Waals surface area contributed by atoms with Gasteiger partial charge in [0.15, 0.2) is 5.69 Å². The lowest BCUT2D eigenvalue weighted by Crippen LogP contribution is -2.43. The minimum atomic E-state index is -1.18. The molecule has 0 aliphatic carbocycles. The lowest BCUT2D eigenvalue weighted by molar-refractivity contribution is 0.0689. The normalized spacial score (nSPS) is 15.2. The Balaban J connectivity index is 2.19. The van der Waals surface area contributed by atoms with Crippen LogP contribution < -0.4 is 16.0 Å². The van der Waals surface area contributed by atoms with Gasteiger partial charge in [0.25, 0.3) is 0 Å². The number of aromatic hydroxyl groups is 1. The van der Waals surface area contributed by atoms with E-state index in [4.69, 9.17) is 10.8 Å². The minimum absolute atomic E-state index is 0.0777. The third kappa shape index (κ3) is 2.29. The quantitative estimate of drug-likeness (QED) is 0.611. The summed E-state index contributed by atoms with van der Waals surface area (Å²) in [7, 11) is 0. The van der Waals surface area contributed by atoms with Gasteiger partial charge in [-0.15, -0.1) is 0 Å². The Kier molecular flexibility index (Phi) is 3.50. The fraction of sp³-hybridized carbons (Fsp3) is 0.333. The lowest BCUT2D eigenvalue weighted by atomic mass is 10.1. The Hall–Kier alpha value is -2.54. The van der Waals surface area contributed by atoms with Crippen molar-refractivity contribution in [3.05, 3.63) is 23.4 Å². The van der Waals surface area contributed by atoms with Crippen LogP contribution in [0.3, 0.4) is 0 Å². The van der Waals surface area contributed by atoms with Gasteiger partial charge in [-0.25, -0.2) is 9.78 Å². The monoisotopic (exact) mass is 302 g/mol. The number of carboxylic acids is 1. The first-order valence-electron chi connectivity index (χ1n) is 7.11. The van der Waals surface area contributed by atoms with Crippen molar-refractivity contribution in [1.29, 1.82) is 0 Å². The number of nitrogens with zero attached hydrogens (tertiary/aromatic N) is 2. The second kappa shape index (κ2) is 5.34. The van der Waals surface area contributed by atoms with Gasteiger partial charge in [0, 0.05) is 42.8 Å². The van der Waals surface area contributed by atoms with E-state index in [1.54, 1.807) is 13.0 Å². The van der Waals surface area contributed by atoms with E-state index in [1.165, 1.54) is 0 Å². The van der Waals surface area contributed by atoms with Crippen molar-refractivity contribution in [2.24, 2.45) is 0 Å². The average Bonchev–Trinajstić information content (AvgIpc) is 2.51. The van der Waals surface area contributed by atoms with Crippen LogP contribution in [0.5, 0.6) is 5.75 Å². The van der Waals surface area contributed by atoms with Crippen molar-refractivity contribution in [3.8, 4) is 5.75 Å². The Morgan fingerprint density at radius 1 is 1.36 bits per heavy atom. The summed E-state index contributed by atoms with van der Waals surface area (Å²) in [6.07, 6.45) is 0. The predicted molar refractivity (Wildman–Crippen MR) is 84.6 cm³/mol. The molecular formula is C15H18N4O3. The number of nitrogens with two attached hydrogens (primary N) is 1. The molecule has 3 rings (SSSR count). The fourth-order valence-corrected chi connectivity index (χ4v) is 2.77. The molecule has 2 heterocycles. The number of benzene rings is 1. The summed E-state index contributed by atoms with van der Waals surface area (Å²) < 4.78 is 0. The van der Waals surface area contributed by atoms with Gasteiger partial charge in [-0.2, -0.15) is 0 Å². The number of piperazine rings is 1. The van der Waals surface area contributed by atoms with Crippen LogP contribution in [-0.2, 0) is 0 Å². The molecule has 5 N–H and O–H groups in total. The molecule has 22 heavy (non-hydrogen) atoms. The topological polar surface area (TPSA) is 112 Å². The summed E-state index contributed by atoms with van der Waals surface area (Å²) in [4.78, 5) is 17.5. The summed E-state index contributed by atoms with van der Waals surface area (Å²) in [5.74, 6) is -1.26. The minimum Gasteiger partial charge on any atom is -0.507 e. The first-order chi connectivity index (χ1) is 10.5. The summed E-state index contributed by atoms with van der Waals surface area (Å²) in [5, 5.41) is 23.3. The molecule has 7 heteroatoms. The van der Waals surface area contributed by atoms with E-state index in [1.807, 2.05) is 6.07 Å². The van der Waals surface area contributed by atoms with Crippen molar-refractivity contribution >= 4 is 28.2 Å². The van der Waals surface area contributed by atoms with E-state index in [-0.39, 0.29) is 17.0 Å². The van der Waals surface area contributed by atoms with Crippen molar-refractivity contribution in [2.75, 3.05) is 36.8 Å².